The summed E-state index contributed by atoms with van der Waals surface area (Å²) in [5.41, 5.74) is 5.02. The zero-order valence-electron chi connectivity index (χ0n) is 6.03. The minimum atomic E-state index is -0.571. The number of aromatic nitrogens is 2. The SMILES string of the molecule is Cl.NCC(=O)c1ncc(F)cn1. The molecule has 1 aromatic rings. The summed E-state index contributed by atoms with van der Waals surface area (Å²) in [6.45, 7) is -0.161. The Balaban J connectivity index is 0.00000121. The number of carbonyl (C=O) groups is 1. The van der Waals surface area contributed by atoms with Gasteiger partial charge in [0.1, 0.15) is 0 Å². The average molecular weight is 192 g/mol. The molecule has 0 aliphatic carbocycles. The number of nitrogens with zero attached hydrogens (tertiary/aromatic N) is 2. The summed E-state index contributed by atoms with van der Waals surface area (Å²) in [5, 5.41) is 0. The Labute approximate surface area is 74.4 Å². The molecule has 0 saturated carbocycles. The second-order valence-corrected chi connectivity index (χ2v) is 1.85. The van der Waals surface area contributed by atoms with E-state index in [1.54, 1.807) is 0 Å². The van der Waals surface area contributed by atoms with Crippen LogP contribution in [0.4, 0.5) is 4.39 Å². The van der Waals surface area contributed by atoms with Crippen LogP contribution in [0.2, 0.25) is 0 Å². The van der Waals surface area contributed by atoms with Gasteiger partial charge in [-0.1, -0.05) is 0 Å². The van der Waals surface area contributed by atoms with Crippen LogP contribution in [0.25, 0.3) is 0 Å². The summed E-state index contributed by atoms with van der Waals surface area (Å²) >= 11 is 0. The van der Waals surface area contributed by atoms with Crippen LogP contribution in [0.1, 0.15) is 10.6 Å². The Hall–Kier alpha value is -1.07. The van der Waals surface area contributed by atoms with Crippen LogP contribution < -0.4 is 5.73 Å². The van der Waals surface area contributed by atoms with E-state index in [0.717, 1.165) is 12.4 Å². The number of nitrogens with two attached hydrogens (primary N) is 1. The number of hydrogen-bond donors (Lipinski definition) is 1. The minimum Gasteiger partial charge on any atom is -0.324 e. The fourth-order valence-electron chi connectivity index (χ4n) is 0.548. The third kappa shape index (κ3) is 2.52. The van der Waals surface area contributed by atoms with E-state index in [9.17, 15) is 9.18 Å². The molecule has 4 nitrogen and oxygen atoms in total. The molecule has 1 aromatic heterocycles. The molecule has 0 radical (unpaired) electrons. The van der Waals surface area contributed by atoms with Gasteiger partial charge in [-0.15, -0.1) is 12.4 Å². The summed E-state index contributed by atoms with van der Waals surface area (Å²) in [6, 6.07) is 0. The van der Waals surface area contributed by atoms with E-state index in [1.807, 2.05) is 0 Å². The normalized spacial score (nSPS) is 8.83. The first kappa shape index (κ1) is 10.9. The molecule has 0 amide bonds. The molecule has 0 spiro atoms. The Bertz CT molecular complexity index is 264. The maximum Gasteiger partial charge on any atom is 0.213 e. The first-order valence-electron chi connectivity index (χ1n) is 2.95. The number of ketones is 1. The molecule has 0 fully saturated rings. The molecule has 0 atom stereocenters. The molecule has 0 aliphatic heterocycles. The van der Waals surface area contributed by atoms with Crippen molar-refractivity contribution in [3.63, 3.8) is 0 Å². The molecule has 1 heterocycles. The quantitative estimate of drug-likeness (QED) is 0.677. The largest absolute Gasteiger partial charge is 0.324 e. The lowest BCUT2D eigenvalue weighted by Crippen LogP contribution is -2.16. The third-order valence-corrected chi connectivity index (χ3v) is 1.06. The van der Waals surface area contributed by atoms with Crippen LogP contribution in [0.15, 0.2) is 12.4 Å². The van der Waals surface area contributed by atoms with E-state index in [4.69, 9.17) is 5.73 Å². The van der Waals surface area contributed by atoms with Crippen LogP contribution >= 0.6 is 12.4 Å². The van der Waals surface area contributed by atoms with E-state index in [2.05, 4.69) is 9.97 Å². The predicted octanol–water partition coefficient (Wildman–Crippen LogP) is 0.179. The third-order valence-electron chi connectivity index (χ3n) is 1.06. The summed E-state index contributed by atoms with van der Waals surface area (Å²) < 4.78 is 12.2. The zero-order valence-corrected chi connectivity index (χ0v) is 6.84. The Morgan fingerprint density at radius 2 is 2.00 bits per heavy atom. The van der Waals surface area contributed by atoms with Gasteiger partial charge in [0.05, 0.1) is 18.9 Å². The van der Waals surface area contributed by atoms with Gasteiger partial charge >= 0.3 is 0 Å². The Kier molecular flexibility index (Phi) is 4.31. The zero-order chi connectivity index (χ0) is 8.27. The van der Waals surface area contributed by atoms with E-state index in [-0.39, 0.29) is 24.8 Å². The van der Waals surface area contributed by atoms with Gasteiger partial charge in [0.2, 0.25) is 5.78 Å². The molecule has 66 valence electrons. The topological polar surface area (TPSA) is 68.9 Å². The van der Waals surface area contributed by atoms with Crippen LogP contribution in [0, 0.1) is 5.82 Å². The van der Waals surface area contributed by atoms with Gasteiger partial charge in [0.25, 0.3) is 0 Å². The van der Waals surface area contributed by atoms with Gasteiger partial charge in [-0.05, 0) is 0 Å². The van der Waals surface area contributed by atoms with E-state index in [1.165, 1.54) is 0 Å². The van der Waals surface area contributed by atoms with Crippen molar-refractivity contribution < 1.29 is 9.18 Å². The van der Waals surface area contributed by atoms with Crippen LogP contribution in [-0.4, -0.2) is 22.3 Å². The van der Waals surface area contributed by atoms with Crippen molar-refractivity contribution in [1.82, 2.24) is 9.97 Å². The molecule has 1 rings (SSSR count). The average Bonchev–Trinajstić information content (AvgIpc) is 2.05. The van der Waals surface area contributed by atoms with E-state index < -0.39 is 11.6 Å². The fraction of sp³-hybridized carbons (Fsp3) is 0.167. The molecular formula is C6H7ClFN3O. The lowest BCUT2D eigenvalue weighted by molar-refractivity contribution is 0.0991. The lowest BCUT2D eigenvalue weighted by Gasteiger charge is -1.93. The van der Waals surface area contributed by atoms with Gasteiger partial charge in [0.15, 0.2) is 11.6 Å². The molecule has 2 N–H and O–H groups in total. The molecule has 12 heavy (non-hydrogen) atoms. The molecule has 0 unspecified atom stereocenters. The summed E-state index contributed by atoms with van der Waals surface area (Å²) in [6.07, 6.45) is 1.85. The van der Waals surface area contributed by atoms with Crippen molar-refractivity contribution >= 4 is 18.2 Å². The Morgan fingerprint density at radius 3 is 2.42 bits per heavy atom. The van der Waals surface area contributed by atoms with Crippen LogP contribution in [-0.2, 0) is 0 Å². The highest BCUT2D eigenvalue weighted by atomic mass is 35.5. The van der Waals surface area contributed by atoms with Gasteiger partial charge in [-0.25, -0.2) is 14.4 Å². The fourth-order valence-corrected chi connectivity index (χ4v) is 0.548. The van der Waals surface area contributed by atoms with Crippen LogP contribution in [0.3, 0.4) is 0 Å². The molecule has 6 heteroatoms. The predicted molar refractivity (Wildman–Crippen MR) is 42.6 cm³/mol. The number of hydrogen-bond acceptors (Lipinski definition) is 4. The van der Waals surface area contributed by atoms with Crippen molar-refractivity contribution in [3.05, 3.63) is 24.0 Å². The van der Waals surface area contributed by atoms with E-state index in [0.29, 0.717) is 0 Å². The van der Waals surface area contributed by atoms with Crippen molar-refractivity contribution in [2.75, 3.05) is 6.54 Å². The standard InChI is InChI=1S/C6H6FN3O.ClH/c7-4-2-9-6(10-3-4)5(11)1-8;/h2-3H,1,8H2;1H. The molecule has 0 aliphatic rings. The van der Waals surface area contributed by atoms with Crippen molar-refractivity contribution in [2.45, 2.75) is 0 Å². The molecule has 0 saturated heterocycles. The summed E-state index contributed by atoms with van der Waals surface area (Å²) in [5.74, 6) is -1.02. The number of Topliss-reactive ketones (excluding diaryl/α,β-unsaturated/α-hetero) is 1. The molecule has 0 aromatic carbocycles. The highest BCUT2D eigenvalue weighted by molar-refractivity contribution is 5.93. The Morgan fingerprint density at radius 1 is 1.50 bits per heavy atom. The van der Waals surface area contributed by atoms with E-state index >= 15 is 0 Å². The first-order valence-corrected chi connectivity index (χ1v) is 2.95. The lowest BCUT2D eigenvalue weighted by atomic mass is 10.4. The second kappa shape index (κ2) is 4.74. The smallest absolute Gasteiger partial charge is 0.213 e. The highest BCUT2D eigenvalue weighted by Gasteiger charge is 2.05. The number of carbonyl (C=O) groups excluding carboxylic acids is 1. The number of halogens is 2. The van der Waals surface area contributed by atoms with Gasteiger partial charge in [-0.2, -0.15) is 0 Å². The number of rotatable bonds is 2. The maximum atomic E-state index is 12.2. The molecule has 0 bridgehead atoms. The van der Waals surface area contributed by atoms with Crippen molar-refractivity contribution in [1.29, 1.82) is 0 Å². The van der Waals surface area contributed by atoms with Gasteiger partial charge in [0, 0.05) is 0 Å². The summed E-state index contributed by atoms with van der Waals surface area (Å²) in [4.78, 5) is 17.6. The second-order valence-electron chi connectivity index (χ2n) is 1.85. The first-order chi connectivity index (χ1) is 5.24. The van der Waals surface area contributed by atoms with Crippen molar-refractivity contribution in [3.8, 4) is 0 Å². The monoisotopic (exact) mass is 191 g/mol. The highest BCUT2D eigenvalue weighted by Crippen LogP contribution is 1.92. The minimum absolute atomic E-state index is 0. The van der Waals surface area contributed by atoms with Gasteiger partial charge in [-0.3, -0.25) is 4.79 Å². The molecular weight excluding hydrogens is 185 g/mol. The maximum absolute atomic E-state index is 12.2. The summed E-state index contributed by atoms with van der Waals surface area (Å²) in [7, 11) is 0. The van der Waals surface area contributed by atoms with Crippen molar-refractivity contribution in [2.24, 2.45) is 5.73 Å². The van der Waals surface area contributed by atoms with Gasteiger partial charge < -0.3 is 5.73 Å². The van der Waals surface area contributed by atoms with Crippen LogP contribution in [0.5, 0.6) is 0 Å².